The van der Waals surface area contributed by atoms with E-state index < -0.39 is 0 Å². The zero-order valence-electron chi connectivity index (χ0n) is 12.6. The molecule has 5 heteroatoms. The van der Waals surface area contributed by atoms with Crippen LogP contribution in [0.2, 0.25) is 0 Å². The Bertz CT molecular complexity index is 591. The van der Waals surface area contributed by atoms with Crippen molar-refractivity contribution in [2.24, 2.45) is 7.05 Å². The van der Waals surface area contributed by atoms with Gasteiger partial charge in [0.2, 0.25) is 0 Å². The van der Waals surface area contributed by atoms with Crippen LogP contribution in [0.4, 0.5) is 5.82 Å². The van der Waals surface area contributed by atoms with Crippen LogP contribution in [0.1, 0.15) is 49.2 Å². The molecule has 1 aliphatic carbocycles. The van der Waals surface area contributed by atoms with Gasteiger partial charge >= 0.3 is 0 Å². The molecule has 0 aromatic carbocycles. The number of rotatable bonds is 6. The van der Waals surface area contributed by atoms with E-state index in [1.54, 1.807) is 0 Å². The summed E-state index contributed by atoms with van der Waals surface area (Å²) >= 11 is 0. The first-order chi connectivity index (χ1) is 9.67. The first-order valence-electron chi connectivity index (χ1n) is 7.48. The van der Waals surface area contributed by atoms with Crippen molar-refractivity contribution >= 4 is 5.82 Å². The maximum Gasteiger partial charge on any atom is 0.124 e. The fourth-order valence-corrected chi connectivity index (χ4v) is 2.56. The van der Waals surface area contributed by atoms with Gasteiger partial charge in [0.1, 0.15) is 5.82 Å². The summed E-state index contributed by atoms with van der Waals surface area (Å²) in [7, 11) is 2.00. The minimum Gasteiger partial charge on any atom is -0.365 e. The molecule has 0 bridgehead atoms. The molecule has 0 saturated heterocycles. The van der Waals surface area contributed by atoms with Crippen LogP contribution in [0, 0.1) is 6.92 Å². The third-order valence-electron chi connectivity index (χ3n) is 3.77. The van der Waals surface area contributed by atoms with Crippen molar-refractivity contribution in [1.82, 2.24) is 19.6 Å². The summed E-state index contributed by atoms with van der Waals surface area (Å²) in [5.74, 6) is 1.79. The molecule has 0 aliphatic heterocycles. The van der Waals surface area contributed by atoms with E-state index in [0.717, 1.165) is 31.0 Å². The summed E-state index contributed by atoms with van der Waals surface area (Å²) in [6.07, 6.45) is 3.68. The van der Waals surface area contributed by atoms with E-state index in [2.05, 4.69) is 39.3 Å². The maximum atomic E-state index is 4.58. The quantitative estimate of drug-likeness (QED) is 0.880. The van der Waals surface area contributed by atoms with Gasteiger partial charge in [-0.05, 0) is 32.3 Å². The second kappa shape index (κ2) is 5.31. The molecule has 0 unspecified atom stereocenters. The number of nitrogens with one attached hydrogen (secondary N) is 1. The Kier molecular flexibility index (Phi) is 3.51. The second-order valence-corrected chi connectivity index (χ2v) is 5.71. The monoisotopic (exact) mass is 273 g/mol. The van der Waals surface area contributed by atoms with Crippen molar-refractivity contribution in [1.29, 1.82) is 0 Å². The van der Waals surface area contributed by atoms with Gasteiger partial charge < -0.3 is 5.32 Å². The molecule has 2 aromatic rings. The normalized spacial score (nSPS) is 14.8. The molecule has 0 spiro atoms. The van der Waals surface area contributed by atoms with Gasteiger partial charge in [0.25, 0.3) is 0 Å². The summed E-state index contributed by atoms with van der Waals surface area (Å²) in [5.41, 5.74) is 3.55. The molecular formula is C15H23N5. The van der Waals surface area contributed by atoms with Gasteiger partial charge in [0.15, 0.2) is 0 Å². The number of nitrogens with zero attached hydrogens (tertiary/aromatic N) is 4. The van der Waals surface area contributed by atoms with Gasteiger partial charge in [-0.3, -0.25) is 9.36 Å². The molecule has 0 radical (unpaired) electrons. The van der Waals surface area contributed by atoms with Crippen molar-refractivity contribution in [3.63, 3.8) is 0 Å². The van der Waals surface area contributed by atoms with Crippen molar-refractivity contribution < 1.29 is 0 Å². The molecule has 108 valence electrons. The lowest BCUT2D eigenvalue weighted by Gasteiger charge is -2.08. The fourth-order valence-electron chi connectivity index (χ4n) is 2.56. The average Bonchev–Trinajstić information content (AvgIpc) is 3.11. The topological polar surface area (TPSA) is 47.7 Å². The predicted molar refractivity (Wildman–Crippen MR) is 79.8 cm³/mol. The van der Waals surface area contributed by atoms with Gasteiger partial charge in [-0.25, -0.2) is 0 Å². The van der Waals surface area contributed by atoms with Crippen molar-refractivity contribution in [3.05, 3.63) is 29.2 Å². The van der Waals surface area contributed by atoms with Crippen LogP contribution in [0.15, 0.2) is 12.1 Å². The fraction of sp³-hybridized carbons (Fsp3) is 0.600. The zero-order chi connectivity index (χ0) is 14.1. The number of hydrogen-bond acceptors (Lipinski definition) is 3. The molecule has 1 N–H and O–H groups in total. The van der Waals surface area contributed by atoms with Crippen molar-refractivity contribution in [3.8, 4) is 0 Å². The van der Waals surface area contributed by atoms with E-state index >= 15 is 0 Å². The molecule has 3 rings (SSSR count). The number of aryl methyl sites for hydroxylation is 3. The van der Waals surface area contributed by atoms with E-state index in [0.29, 0.717) is 5.92 Å². The lowest BCUT2D eigenvalue weighted by atomic mass is 10.3. The van der Waals surface area contributed by atoms with Crippen LogP contribution in [-0.2, 0) is 20.1 Å². The molecule has 5 nitrogen and oxygen atoms in total. The van der Waals surface area contributed by atoms with Crippen LogP contribution in [0.25, 0.3) is 0 Å². The summed E-state index contributed by atoms with van der Waals surface area (Å²) in [4.78, 5) is 0. The molecule has 0 atom stereocenters. The smallest absolute Gasteiger partial charge is 0.124 e. The molecule has 1 saturated carbocycles. The molecular weight excluding hydrogens is 250 g/mol. The molecule has 0 amide bonds. The summed E-state index contributed by atoms with van der Waals surface area (Å²) in [6, 6.07) is 4.34. The maximum absolute atomic E-state index is 4.58. The molecule has 20 heavy (non-hydrogen) atoms. The molecule has 1 aliphatic rings. The number of hydrogen-bond donors (Lipinski definition) is 1. The summed E-state index contributed by atoms with van der Waals surface area (Å²) in [6.45, 7) is 6.00. The first-order valence-corrected chi connectivity index (χ1v) is 7.48. The third-order valence-corrected chi connectivity index (χ3v) is 3.77. The van der Waals surface area contributed by atoms with Crippen molar-refractivity contribution in [2.45, 2.75) is 52.1 Å². The zero-order valence-corrected chi connectivity index (χ0v) is 12.6. The minimum absolute atomic E-state index is 0.699. The van der Waals surface area contributed by atoms with Crippen LogP contribution >= 0.6 is 0 Å². The summed E-state index contributed by atoms with van der Waals surface area (Å²) < 4.78 is 4.04. The Morgan fingerprint density at radius 2 is 2.10 bits per heavy atom. The summed E-state index contributed by atoms with van der Waals surface area (Å²) in [5, 5.41) is 12.6. The molecule has 1 fully saturated rings. The van der Waals surface area contributed by atoms with Crippen molar-refractivity contribution in [2.75, 3.05) is 5.32 Å². The third kappa shape index (κ3) is 2.71. The van der Waals surface area contributed by atoms with Crippen LogP contribution in [-0.4, -0.2) is 19.6 Å². The van der Waals surface area contributed by atoms with Gasteiger partial charge in [-0.1, -0.05) is 6.92 Å². The molecule has 2 aromatic heterocycles. The van der Waals surface area contributed by atoms with E-state index in [1.165, 1.54) is 24.2 Å². The molecule has 2 heterocycles. The SMILES string of the molecule is CCCn1nc(C)cc1CNc1cc(C2CC2)nn1C. The highest BCUT2D eigenvalue weighted by molar-refractivity contribution is 5.39. The van der Waals surface area contributed by atoms with Crippen LogP contribution < -0.4 is 5.32 Å². The van der Waals surface area contributed by atoms with Crippen LogP contribution in [0.5, 0.6) is 0 Å². The Labute approximate surface area is 120 Å². The van der Waals surface area contributed by atoms with Crippen LogP contribution in [0.3, 0.4) is 0 Å². The van der Waals surface area contributed by atoms with Gasteiger partial charge in [-0.15, -0.1) is 0 Å². The highest BCUT2D eigenvalue weighted by atomic mass is 15.3. The minimum atomic E-state index is 0.699. The standard InChI is InChI=1S/C15H23N5/c1-4-7-20-13(8-11(2)17-20)10-16-15-9-14(12-5-6-12)18-19(15)3/h8-9,12,16H,4-7,10H2,1-3H3. The highest BCUT2D eigenvalue weighted by Gasteiger charge is 2.26. The van der Waals surface area contributed by atoms with Gasteiger partial charge in [0, 0.05) is 25.6 Å². The lowest BCUT2D eigenvalue weighted by Crippen LogP contribution is -2.10. The average molecular weight is 273 g/mol. The van der Waals surface area contributed by atoms with Gasteiger partial charge in [-0.2, -0.15) is 10.2 Å². The van der Waals surface area contributed by atoms with E-state index in [1.807, 2.05) is 18.7 Å². The lowest BCUT2D eigenvalue weighted by molar-refractivity contribution is 0.574. The Hall–Kier alpha value is -1.78. The largest absolute Gasteiger partial charge is 0.365 e. The second-order valence-electron chi connectivity index (χ2n) is 5.71. The number of aromatic nitrogens is 4. The number of anilines is 1. The Balaban J connectivity index is 1.69. The van der Waals surface area contributed by atoms with E-state index in [-0.39, 0.29) is 0 Å². The first kappa shape index (κ1) is 13.2. The van der Waals surface area contributed by atoms with E-state index in [9.17, 15) is 0 Å². The Morgan fingerprint density at radius 1 is 1.30 bits per heavy atom. The van der Waals surface area contributed by atoms with E-state index in [4.69, 9.17) is 0 Å². The predicted octanol–water partition coefficient (Wildman–Crippen LogP) is 2.82. The van der Waals surface area contributed by atoms with Gasteiger partial charge in [0.05, 0.1) is 23.6 Å². The highest BCUT2D eigenvalue weighted by Crippen LogP contribution is 2.39. The Morgan fingerprint density at radius 3 is 2.80 bits per heavy atom.